The van der Waals surface area contributed by atoms with Gasteiger partial charge in [0.25, 0.3) is 0 Å². The molecule has 4 aromatic rings. The molecule has 1 spiro atoms. The van der Waals surface area contributed by atoms with Gasteiger partial charge in [-0.15, -0.1) is 0 Å². The van der Waals surface area contributed by atoms with Crippen LogP contribution in [0.4, 0.5) is 4.39 Å². The molecular formula is C34H33AsFN7O3. The smallest absolute Gasteiger partial charge is 0.380 e. The fourth-order valence-corrected chi connectivity index (χ4v) is 7.20. The molecular weight excluding hydrogens is 648 g/mol. The number of hydrogen-bond acceptors (Lipinski definition) is 8. The Kier molecular flexibility index (Phi) is 7.92. The number of amides is 1. The molecule has 0 unspecified atom stereocenters. The number of carbonyl (C=O) groups excluding carboxylic acids is 1. The number of hydrogen-bond donors (Lipinski definition) is 0. The van der Waals surface area contributed by atoms with Gasteiger partial charge in [-0.1, -0.05) is 0 Å². The van der Waals surface area contributed by atoms with Crippen molar-refractivity contribution >= 4 is 38.3 Å². The van der Waals surface area contributed by atoms with Gasteiger partial charge in [-0.2, -0.15) is 0 Å². The molecule has 10 nitrogen and oxygen atoms in total. The van der Waals surface area contributed by atoms with Crippen LogP contribution in [0.25, 0.3) is 22.3 Å². The molecule has 46 heavy (non-hydrogen) atoms. The van der Waals surface area contributed by atoms with Gasteiger partial charge in [0.15, 0.2) is 0 Å². The standard InChI is InChI=1S/C34H33AsFN7O3/c1-33(2,41-17-34(18-41)19-45-20-34)14-22(15-37)32(44)42-12-6-7-23(42)16-43-31-28(30(35)38-21-39-31)29(40-43)26-11-10-25(13-27(26)36)46-24-8-4-3-5-9-24/h3-5,8-11,13-14,21,23H,6-7,12,16-20H2,1-2H3/b22-14-/t23-/m0/s1. The average molecular weight is 682 g/mol. The molecule has 0 N–H and O–H groups in total. The number of likely N-dealkylation sites (tertiary alicyclic amines) is 2. The molecule has 3 aliphatic rings. The third kappa shape index (κ3) is 5.59. The van der Waals surface area contributed by atoms with E-state index >= 15 is 4.39 Å². The predicted molar refractivity (Wildman–Crippen MR) is 170 cm³/mol. The monoisotopic (exact) mass is 681 g/mol. The Bertz CT molecular complexity index is 1870. The number of ether oxygens (including phenoxy) is 2. The van der Waals surface area contributed by atoms with Crippen LogP contribution in [0.3, 0.4) is 0 Å². The number of para-hydroxylation sites is 1. The second-order valence-electron chi connectivity index (χ2n) is 13.0. The van der Waals surface area contributed by atoms with E-state index in [2.05, 4.69) is 37.8 Å². The molecule has 0 bridgehead atoms. The van der Waals surface area contributed by atoms with E-state index in [1.165, 1.54) is 12.4 Å². The number of benzene rings is 2. The fourth-order valence-electron chi connectivity index (χ4n) is 6.66. The summed E-state index contributed by atoms with van der Waals surface area (Å²) in [6.07, 6.45) is 4.82. The van der Waals surface area contributed by atoms with E-state index in [0.717, 1.165) is 39.1 Å². The van der Waals surface area contributed by atoms with Gasteiger partial charge < -0.3 is 4.74 Å². The minimum absolute atomic E-state index is 0.143. The molecule has 5 heterocycles. The number of nitriles is 1. The van der Waals surface area contributed by atoms with E-state index in [1.54, 1.807) is 39.9 Å². The van der Waals surface area contributed by atoms with Crippen molar-refractivity contribution in [2.45, 2.75) is 44.8 Å². The average Bonchev–Trinajstić information content (AvgIpc) is 3.60. The van der Waals surface area contributed by atoms with Crippen molar-refractivity contribution in [1.29, 1.82) is 5.26 Å². The van der Waals surface area contributed by atoms with Gasteiger partial charge in [0.2, 0.25) is 0 Å². The Morgan fingerprint density at radius 2 is 1.98 bits per heavy atom. The van der Waals surface area contributed by atoms with Crippen LogP contribution in [0.5, 0.6) is 11.5 Å². The van der Waals surface area contributed by atoms with Crippen molar-refractivity contribution in [3.63, 3.8) is 0 Å². The summed E-state index contributed by atoms with van der Waals surface area (Å²) in [5.74, 6) is 0.213. The summed E-state index contributed by atoms with van der Waals surface area (Å²) in [5, 5.41) is 15.5. The van der Waals surface area contributed by atoms with Crippen LogP contribution in [-0.2, 0) is 16.1 Å². The van der Waals surface area contributed by atoms with Gasteiger partial charge in [-0.05, 0) is 0 Å². The number of carbonyl (C=O) groups is 1. The number of nitrogens with zero attached hydrogens (tertiary/aromatic N) is 7. The Balaban J connectivity index is 1.14. The zero-order valence-corrected chi connectivity index (χ0v) is 27.6. The van der Waals surface area contributed by atoms with Crippen molar-refractivity contribution in [2.75, 3.05) is 32.8 Å². The third-order valence-electron chi connectivity index (χ3n) is 9.24. The first-order valence-electron chi connectivity index (χ1n) is 15.4. The molecule has 2 aromatic carbocycles. The predicted octanol–water partition coefficient (Wildman–Crippen LogP) is 3.77. The van der Waals surface area contributed by atoms with Crippen molar-refractivity contribution in [3.8, 4) is 28.8 Å². The second-order valence-corrected chi connectivity index (χ2v) is 13.8. The fraction of sp³-hybridized carbons (Fsp3) is 0.382. The van der Waals surface area contributed by atoms with Gasteiger partial charge >= 0.3 is 240 Å². The van der Waals surface area contributed by atoms with Crippen LogP contribution in [-0.4, -0.2) is 96.7 Å². The molecule has 0 saturated carbocycles. The number of fused-ring (bicyclic) bond motifs is 1. The Morgan fingerprint density at radius 1 is 1.20 bits per heavy atom. The van der Waals surface area contributed by atoms with Gasteiger partial charge in [0.1, 0.15) is 0 Å². The van der Waals surface area contributed by atoms with Crippen molar-refractivity contribution in [1.82, 2.24) is 29.5 Å². The van der Waals surface area contributed by atoms with Crippen LogP contribution in [0.2, 0.25) is 0 Å². The van der Waals surface area contributed by atoms with Crippen molar-refractivity contribution in [2.24, 2.45) is 5.41 Å². The number of rotatable bonds is 8. The van der Waals surface area contributed by atoms with Crippen LogP contribution in [0.15, 0.2) is 66.5 Å². The van der Waals surface area contributed by atoms with Crippen LogP contribution in [0, 0.1) is 22.6 Å². The van der Waals surface area contributed by atoms with Crippen molar-refractivity contribution in [3.05, 3.63) is 72.3 Å². The van der Waals surface area contributed by atoms with E-state index in [1.807, 2.05) is 32.0 Å². The molecule has 3 aliphatic heterocycles. The first-order chi connectivity index (χ1) is 22.2. The number of halogens is 1. The van der Waals surface area contributed by atoms with Gasteiger partial charge in [-0.25, -0.2) is 0 Å². The third-order valence-corrected chi connectivity index (χ3v) is 9.95. The molecule has 3 fully saturated rings. The summed E-state index contributed by atoms with van der Waals surface area (Å²) < 4.78 is 29.2. The summed E-state index contributed by atoms with van der Waals surface area (Å²) in [6.45, 7) is 8.32. The van der Waals surface area contributed by atoms with Crippen LogP contribution < -0.4 is 9.22 Å². The molecule has 234 valence electrons. The molecule has 12 heteroatoms. The molecule has 2 aromatic heterocycles. The maximum atomic E-state index is 15.6. The molecule has 2 radical (unpaired) electrons. The Hall–Kier alpha value is -4.10. The van der Waals surface area contributed by atoms with E-state index in [9.17, 15) is 10.1 Å². The SMILES string of the molecule is CC(C)(/C=C(/C#N)C(=O)N1CCC[C@H]1Cn1nc(-c2ccc(Oc3ccccc3)cc2F)c2c([As])ncnc21)N1CC2(COC2)C1. The summed E-state index contributed by atoms with van der Waals surface area (Å²) in [5.41, 5.74) is 1.19. The van der Waals surface area contributed by atoms with E-state index in [0.29, 0.717) is 51.4 Å². The summed E-state index contributed by atoms with van der Waals surface area (Å²) in [4.78, 5) is 26.7. The van der Waals surface area contributed by atoms with Gasteiger partial charge in [-0.3, -0.25) is 0 Å². The van der Waals surface area contributed by atoms with Crippen LogP contribution >= 0.6 is 0 Å². The second kappa shape index (κ2) is 11.9. The maximum absolute atomic E-state index is 15.6. The van der Waals surface area contributed by atoms with E-state index < -0.39 is 11.4 Å². The molecule has 1 atom stereocenters. The zero-order chi connectivity index (χ0) is 32.1. The van der Waals surface area contributed by atoms with Gasteiger partial charge in [0.05, 0.1) is 13.2 Å². The van der Waals surface area contributed by atoms with Crippen molar-refractivity contribution < 1.29 is 18.7 Å². The normalized spacial score (nSPS) is 19.6. The molecule has 0 aliphatic carbocycles. The molecule has 3 saturated heterocycles. The minimum atomic E-state index is -0.488. The van der Waals surface area contributed by atoms with E-state index in [-0.39, 0.29) is 22.9 Å². The summed E-state index contributed by atoms with van der Waals surface area (Å²) in [6, 6.07) is 15.9. The van der Waals surface area contributed by atoms with Crippen LogP contribution in [0.1, 0.15) is 26.7 Å². The summed E-state index contributed by atoms with van der Waals surface area (Å²) in [7, 11) is 0. The molecule has 1 amide bonds. The summed E-state index contributed by atoms with van der Waals surface area (Å²) >= 11 is 2.40. The first kappa shape index (κ1) is 30.5. The Labute approximate surface area is 275 Å². The first-order valence-corrected chi connectivity index (χ1v) is 16.3. The quantitative estimate of drug-likeness (QED) is 0.157. The Morgan fingerprint density at radius 3 is 2.67 bits per heavy atom. The van der Waals surface area contributed by atoms with E-state index in [4.69, 9.17) is 14.6 Å². The topological polar surface area (TPSA) is 109 Å². The minimum Gasteiger partial charge on any atom is -0.380 e. The molecule has 7 rings (SSSR count). The number of aromatic nitrogens is 4. The zero-order valence-electron chi connectivity index (χ0n) is 25.7. The van der Waals surface area contributed by atoms with Gasteiger partial charge in [0, 0.05) is 18.5 Å².